The summed E-state index contributed by atoms with van der Waals surface area (Å²) in [5, 5.41) is 9.25. The van der Waals surface area contributed by atoms with E-state index in [1.54, 1.807) is 0 Å². The maximum atomic E-state index is 11.7. The van der Waals surface area contributed by atoms with Crippen molar-refractivity contribution in [3.05, 3.63) is 16.7 Å². The number of imidazole rings is 1. The first-order valence-corrected chi connectivity index (χ1v) is 7.79. The molecule has 2 aromatic rings. The van der Waals surface area contributed by atoms with Crippen molar-refractivity contribution < 1.29 is 27.0 Å². The Bertz CT molecular complexity index is 891. The lowest BCUT2D eigenvalue weighted by Crippen LogP contribution is -2.29. The summed E-state index contributed by atoms with van der Waals surface area (Å²) in [4.78, 5) is 21.9. The normalized spacial score (nSPS) is 25.2. The molecule has 0 aliphatic carbocycles. The van der Waals surface area contributed by atoms with Crippen molar-refractivity contribution in [3.8, 4) is 0 Å². The molecule has 13 heteroatoms. The summed E-state index contributed by atoms with van der Waals surface area (Å²) >= 11 is 0. The molecule has 0 bridgehead atoms. The number of hydrogen-bond acceptors (Lipinski definition) is 9. The fraction of sp³-hybridized carbons (Fsp3) is 0.500. The quantitative estimate of drug-likeness (QED) is 0.459. The first kappa shape index (κ1) is 15.8. The molecule has 3 heterocycles. The number of H-pyrrole nitrogens is 1. The molecule has 0 spiro atoms. The lowest BCUT2D eigenvalue weighted by molar-refractivity contribution is -0.0396. The Morgan fingerprint density at radius 1 is 1.57 bits per heavy atom. The van der Waals surface area contributed by atoms with Gasteiger partial charge in [-0.3, -0.25) is 18.9 Å². The van der Waals surface area contributed by atoms with Crippen LogP contribution >= 0.6 is 0 Å². The standard InChI is InChI=1S/C10H13N5O7S/c11-10-13-8-7(9(17)14-10)12-3-15(8)6-1-4(5(2-16)21-6)22-23(18,19)20/h3-6,16H,1-2H2,(H,18,19,20)(H3,11,13,14,17)/t4-,5+,6+/m0/s1. The van der Waals surface area contributed by atoms with Crippen molar-refractivity contribution in [1.82, 2.24) is 19.5 Å². The van der Waals surface area contributed by atoms with Crippen molar-refractivity contribution >= 4 is 27.5 Å². The van der Waals surface area contributed by atoms with E-state index in [9.17, 15) is 18.3 Å². The molecule has 2 aromatic heterocycles. The van der Waals surface area contributed by atoms with E-state index >= 15 is 0 Å². The molecule has 23 heavy (non-hydrogen) atoms. The van der Waals surface area contributed by atoms with E-state index in [4.69, 9.17) is 15.0 Å². The Morgan fingerprint density at radius 3 is 2.96 bits per heavy atom. The van der Waals surface area contributed by atoms with Gasteiger partial charge in [-0.15, -0.1) is 0 Å². The fourth-order valence-electron chi connectivity index (χ4n) is 2.45. The van der Waals surface area contributed by atoms with Gasteiger partial charge in [-0.1, -0.05) is 0 Å². The van der Waals surface area contributed by atoms with Crippen LogP contribution in [0.25, 0.3) is 11.2 Å². The van der Waals surface area contributed by atoms with Gasteiger partial charge < -0.3 is 15.6 Å². The summed E-state index contributed by atoms with van der Waals surface area (Å²) in [5.74, 6) is -0.119. The lowest BCUT2D eigenvalue weighted by Gasteiger charge is -2.14. The average molecular weight is 347 g/mol. The number of rotatable bonds is 4. The molecule has 0 radical (unpaired) electrons. The molecule has 0 amide bonds. The van der Waals surface area contributed by atoms with Crippen LogP contribution in [0.15, 0.2) is 11.1 Å². The summed E-state index contributed by atoms with van der Waals surface area (Å²) in [6.45, 7) is -0.528. The zero-order valence-corrected chi connectivity index (χ0v) is 12.3. The highest BCUT2D eigenvalue weighted by Crippen LogP contribution is 2.32. The number of nitrogens with one attached hydrogen (secondary N) is 1. The van der Waals surface area contributed by atoms with Gasteiger partial charge in [-0.05, 0) is 0 Å². The van der Waals surface area contributed by atoms with Gasteiger partial charge in [0.1, 0.15) is 18.4 Å². The van der Waals surface area contributed by atoms with Crippen LogP contribution in [0, 0.1) is 0 Å². The lowest BCUT2D eigenvalue weighted by atomic mass is 10.2. The van der Waals surface area contributed by atoms with E-state index < -0.39 is 41.0 Å². The number of aliphatic hydroxyl groups excluding tert-OH is 1. The zero-order valence-electron chi connectivity index (χ0n) is 11.5. The third kappa shape index (κ3) is 3.04. The van der Waals surface area contributed by atoms with E-state index in [1.807, 2.05) is 0 Å². The third-order valence-electron chi connectivity index (χ3n) is 3.37. The van der Waals surface area contributed by atoms with Crippen LogP contribution in [0.3, 0.4) is 0 Å². The second-order valence-corrected chi connectivity index (χ2v) is 5.93. The molecule has 3 rings (SSSR count). The van der Waals surface area contributed by atoms with E-state index in [1.165, 1.54) is 10.9 Å². The average Bonchev–Trinajstić information content (AvgIpc) is 3.00. The van der Waals surface area contributed by atoms with Crippen LogP contribution in [0.2, 0.25) is 0 Å². The van der Waals surface area contributed by atoms with Crippen molar-refractivity contribution in [2.45, 2.75) is 24.9 Å². The maximum absolute atomic E-state index is 11.7. The topological polar surface area (TPSA) is 183 Å². The molecule has 3 atom stereocenters. The van der Waals surface area contributed by atoms with Crippen molar-refractivity contribution in [2.75, 3.05) is 12.3 Å². The first-order chi connectivity index (χ1) is 10.8. The van der Waals surface area contributed by atoms with Crippen LogP contribution < -0.4 is 11.3 Å². The molecular formula is C10H13N5O7S. The van der Waals surface area contributed by atoms with Gasteiger partial charge in [0.25, 0.3) is 5.56 Å². The van der Waals surface area contributed by atoms with Gasteiger partial charge in [-0.2, -0.15) is 13.4 Å². The summed E-state index contributed by atoms with van der Waals surface area (Å²) in [6.07, 6.45) is -1.64. The van der Waals surface area contributed by atoms with E-state index in [-0.39, 0.29) is 23.5 Å². The Kier molecular flexibility index (Phi) is 3.81. The smallest absolute Gasteiger partial charge is 0.394 e. The van der Waals surface area contributed by atoms with Crippen LogP contribution in [0.5, 0.6) is 0 Å². The number of aliphatic hydroxyl groups is 1. The van der Waals surface area contributed by atoms with Gasteiger partial charge in [-0.25, -0.2) is 9.17 Å². The highest BCUT2D eigenvalue weighted by molar-refractivity contribution is 7.80. The molecule has 0 saturated carbocycles. The monoisotopic (exact) mass is 347 g/mol. The summed E-state index contributed by atoms with van der Waals surface area (Å²) in [5.41, 5.74) is 5.13. The predicted octanol–water partition coefficient (Wildman–Crippen LogP) is -1.83. The summed E-state index contributed by atoms with van der Waals surface area (Å²) < 4.78 is 41.8. The minimum absolute atomic E-state index is 0.0230. The van der Waals surface area contributed by atoms with Crippen LogP contribution in [-0.4, -0.2) is 56.4 Å². The van der Waals surface area contributed by atoms with Gasteiger partial charge in [0.05, 0.1) is 12.9 Å². The molecule has 1 fully saturated rings. The van der Waals surface area contributed by atoms with Crippen LogP contribution in [0.1, 0.15) is 12.6 Å². The molecule has 12 nitrogen and oxygen atoms in total. The van der Waals surface area contributed by atoms with Crippen molar-refractivity contribution in [3.63, 3.8) is 0 Å². The largest absolute Gasteiger partial charge is 0.397 e. The number of nitrogens with zero attached hydrogens (tertiary/aromatic N) is 3. The van der Waals surface area contributed by atoms with Gasteiger partial charge in [0.2, 0.25) is 5.95 Å². The minimum atomic E-state index is -4.71. The second kappa shape index (κ2) is 5.54. The minimum Gasteiger partial charge on any atom is -0.394 e. The first-order valence-electron chi connectivity index (χ1n) is 6.43. The molecule has 1 saturated heterocycles. The Labute approximate surface area is 128 Å². The second-order valence-electron chi connectivity index (χ2n) is 4.89. The zero-order chi connectivity index (χ0) is 16.8. The third-order valence-corrected chi connectivity index (χ3v) is 3.86. The molecule has 0 aromatic carbocycles. The predicted molar refractivity (Wildman–Crippen MR) is 74.6 cm³/mol. The van der Waals surface area contributed by atoms with E-state index in [2.05, 4.69) is 19.1 Å². The SMILES string of the molecule is Nc1nc2c(ncn2[C@H]2C[C@H](OS(=O)(=O)O)[C@@H](CO)O2)c(=O)[nH]1. The molecule has 1 aliphatic rings. The Balaban J connectivity index is 1.95. The summed E-state index contributed by atoms with van der Waals surface area (Å²) in [7, 11) is -4.71. The molecule has 1 aliphatic heterocycles. The highest BCUT2D eigenvalue weighted by Gasteiger charge is 2.40. The van der Waals surface area contributed by atoms with Crippen LogP contribution in [0.4, 0.5) is 5.95 Å². The Morgan fingerprint density at radius 2 is 2.30 bits per heavy atom. The maximum Gasteiger partial charge on any atom is 0.397 e. The van der Waals surface area contributed by atoms with Crippen molar-refractivity contribution in [2.24, 2.45) is 0 Å². The highest BCUT2D eigenvalue weighted by atomic mass is 32.3. The number of nitrogen functional groups attached to an aromatic ring is 1. The molecule has 126 valence electrons. The van der Waals surface area contributed by atoms with Gasteiger partial charge in [0.15, 0.2) is 11.2 Å². The fourth-order valence-corrected chi connectivity index (χ4v) is 2.96. The van der Waals surface area contributed by atoms with E-state index in [0.29, 0.717) is 0 Å². The van der Waals surface area contributed by atoms with Gasteiger partial charge >= 0.3 is 10.4 Å². The number of anilines is 1. The van der Waals surface area contributed by atoms with Crippen molar-refractivity contribution in [1.29, 1.82) is 0 Å². The summed E-state index contributed by atoms with van der Waals surface area (Å²) in [6, 6.07) is 0. The molecule has 0 unspecified atom stereocenters. The van der Waals surface area contributed by atoms with Gasteiger partial charge in [0, 0.05) is 6.42 Å². The number of aromatic amines is 1. The van der Waals surface area contributed by atoms with E-state index in [0.717, 1.165) is 0 Å². The number of nitrogens with two attached hydrogens (primary N) is 1. The number of hydrogen-bond donors (Lipinski definition) is 4. The number of fused-ring (bicyclic) bond motifs is 1. The number of aromatic nitrogens is 4. The molecule has 5 N–H and O–H groups in total. The molecular weight excluding hydrogens is 334 g/mol. The Hall–Kier alpha value is -2.06. The number of ether oxygens (including phenoxy) is 1. The van der Waals surface area contributed by atoms with Crippen LogP contribution in [-0.2, 0) is 19.3 Å².